The van der Waals surface area contributed by atoms with Gasteiger partial charge in [0.1, 0.15) is 11.5 Å². The number of carbonyl (C=O) groups is 1. The van der Waals surface area contributed by atoms with Gasteiger partial charge in [-0.05, 0) is 30.3 Å². The van der Waals surface area contributed by atoms with E-state index in [1.165, 1.54) is 30.5 Å². The number of nitriles is 1. The number of rotatable bonds is 4. The molecular formula is C18H13ClN4O3S. The molecule has 1 heterocycles. The van der Waals surface area contributed by atoms with E-state index in [0.717, 1.165) is 0 Å². The summed E-state index contributed by atoms with van der Waals surface area (Å²) in [6, 6.07) is 14.2. The number of imidazole rings is 1. The Labute approximate surface area is 160 Å². The van der Waals surface area contributed by atoms with E-state index in [-0.39, 0.29) is 16.2 Å². The Hall–Kier alpha value is -3.15. The molecule has 1 amide bonds. The fourth-order valence-corrected chi connectivity index (χ4v) is 3.66. The molecule has 1 N–H and O–H groups in total. The highest BCUT2D eigenvalue weighted by Gasteiger charge is 2.22. The Kier molecular flexibility index (Phi) is 4.99. The average Bonchev–Trinajstić information content (AvgIpc) is 3.03. The predicted molar refractivity (Wildman–Crippen MR) is 99.5 cm³/mol. The molecule has 0 aliphatic carbocycles. The highest BCUT2D eigenvalue weighted by atomic mass is 35.5. The van der Waals surface area contributed by atoms with Crippen molar-refractivity contribution in [2.45, 2.75) is 4.90 Å². The van der Waals surface area contributed by atoms with Gasteiger partial charge in [0.2, 0.25) is 0 Å². The number of benzene rings is 2. The summed E-state index contributed by atoms with van der Waals surface area (Å²) in [5, 5.41) is 9.35. The van der Waals surface area contributed by atoms with E-state index in [0.29, 0.717) is 16.4 Å². The molecule has 27 heavy (non-hydrogen) atoms. The maximum absolute atomic E-state index is 12.4. The van der Waals surface area contributed by atoms with Gasteiger partial charge in [0.15, 0.2) is 0 Å². The summed E-state index contributed by atoms with van der Waals surface area (Å²) in [6.45, 7) is 0. The van der Waals surface area contributed by atoms with Crippen LogP contribution in [0.4, 0.5) is 0 Å². The molecule has 9 heteroatoms. The van der Waals surface area contributed by atoms with Gasteiger partial charge < -0.3 is 4.57 Å². The Morgan fingerprint density at radius 3 is 2.67 bits per heavy atom. The molecule has 3 aromatic rings. The van der Waals surface area contributed by atoms with E-state index in [9.17, 15) is 13.2 Å². The van der Waals surface area contributed by atoms with Gasteiger partial charge in [0.05, 0.1) is 21.6 Å². The third-order valence-electron chi connectivity index (χ3n) is 3.72. The number of aromatic nitrogens is 2. The van der Waals surface area contributed by atoms with Crippen LogP contribution in [0.15, 0.2) is 59.6 Å². The van der Waals surface area contributed by atoms with E-state index in [2.05, 4.69) is 4.98 Å². The summed E-state index contributed by atoms with van der Waals surface area (Å²) < 4.78 is 28.3. The fourth-order valence-electron chi connectivity index (χ4n) is 2.43. The van der Waals surface area contributed by atoms with Crippen LogP contribution in [0.3, 0.4) is 0 Å². The minimum absolute atomic E-state index is 0.0765. The first kappa shape index (κ1) is 18.6. The monoisotopic (exact) mass is 400 g/mol. The highest BCUT2D eigenvalue weighted by Crippen LogP contribution is 2.26. The van der Waals surface area contributed by atoms with Crippen molar-refractivity contribution in [2.75, 3.05) is 0 Å². The number of nitrogens with zero attached hydrogens (tertiary/aromatic N) is 3. The molecule has 0 radical (unpaired) electrons. The summed E-state index contributed by atoms with van der Waals surface area (Å²) in [6.07, 6.45) is 1.41. The molecule has 1 aromatic heterocycles. The third-order valence-corrected chi connectivity index (χ3v) is 5.38. The van der Waals surface area contributed by atoms with Crippen molar-refractivity contribution in [3.05, 3.63) is 71.0 Å². The Morgan fingerprint density at radius 2 is 1.96 bits per heavy atom. The third kappa shape index (κ3) is 3.84. The zero-order valence-corrected chi connectivity index (χ0v) is 15.6. The van der Waals surface area contributed by atoms with Crippen molar-refractivity contribution in [3.8, 4) is 17.5 Å². The molecule has 0 bridgehead atoms. The zero-order chi connectivity index (χ0) is 19.6. The molecule has 0 unspecified atom stereocenters. The molecular weight excluding hydrogens is 388 g/mol. The molecule has 0 atom stereocenters. The van der Waals surface area contributed by atoms with Crippen LogP contribution in [0.25, 0.3) is 11.4 Å². The molecule has 0 fully saturated rings. The van der Waals surface area contributed by atoms with Crippen LogP contribution in [0.5, 0.6) is 0 Å². The second-order valence-electron chi connectivity index (χ2n) is 5.61. The fraction of sp³-hybridized carbons (Fsp3) is 0.0556. The molecule has 2 aromatic carbocycles. The molecule has 3 rings (SSSR count). The summed E-state index contributed by atoms with van der Waals surface area (Å²) in [4.78, 5) is 16.4. The predicted octanol–water partition coefficient (Wildman–Crippen LogP) is 2.73. The minimum atomic E-state index is -4.14. The lowest BCUT2D eigenvalue weighted by Crippen LogP contribution is -2.30. The topological polar surface area (TPSA) is 105 Å². The highest BCUT2D eigenvalue weighted by molar-refractivity contribution is 7.90. The number of halogens is 1. The van der Waals surface area contributed by atoms with Gasteiger partial charge in [-0.25, -0.2) is 18.1 Å². The first-order chi connectivity index (χ1) is 12.8. The number of hydrogen-bond donors (Lipinski definition) is 1. The lowest BCUT2D eigenvalue weighted by molar-refractivity contribution is 0.0977. The minimum Gasteiger partial charge on any atom is -0.333 e. The number of nitrogens with one attached hydrogen (secondary N) is 1. The second kappa shape index (κ2) is 7.23. The summed E-state index contributed by atoms with van der Waals surface area (Å²) in [5.41, 5.74) is 0.710. The number of sulfonamides is 1. The van der Waals surface area contributed by atoms with Crippen molar-refractivity contribution in [3.63, 3.8) is 0 Å². The molecule has 7 nitrogen and oxygen atoms in total. The van der Waals surface area contributed by atoms with Gasteiger partial charge in [0.25, 0.3) is 15.9 Å². The largest absolute Gasteiger partial charge is 0.333 e. The maximum Gasteiger partial charge on any atom is 0.285 e. The summed E-state index contributed by atoms with van der Waals surface area (Å²) in [7, 11) is -2.47. The van der Waals surface area contributed by atoms with Crippen molar-refractivity contribution in [1.82, 2.24) is 14.3 Å². The van der Waals surface area contributed by atoms with Gasteiger partial charge >= 0.3 is 0 Å². The van der Waals surface area contributed by atoms with Crippen LogP contribution in [-0.2, 0) is 17.1 Å². The van der Waals surface area contributed by atoms with Gasteiger partial charge in [-0.1, -0.05) is 29.8 Å². The van der Waals surface area contributed by atoms with Crippen LogP contribution in [0, 0.1) is 11.3 Å². The van der Waals surface area contributed by atoms with Gasteiger partial charge in [-0.2, -0.15) is 5.26 Å². The lowest BCUT2D eigenvalue weighted by Gasteiger charge is -2.05. The number of aryl methyl sites for hydroxylation is 1. The first-order valence-corrected chi connectivity index (χ1v) is 9.53. The van der Waals surface area contributed by atoms with E-state index in [1.807, 2.05) is 10.8 Å². The number of amides is 1. The summed E-state index contributed by atoms with van der Waals surface area (Å²) in [5.74, 6) is -0.458. The van der Waals surface area contributed by atoms with Crippen molar-refractivity contribution >= 4 is 27.5 Å². The van der Waals surface area contributed by atoms with Gasteiger partial charge in [0, 0.05) is 18.8 Å². The van der Waals surface area contributed by atoms with Crippen molar-refractivity contribution in [2.24, 2.45) is 7.05 Å². The van der Waals surface area contributed by atoms with Gasteiger partial charge in [-0.3, -0.25) is 4.79 Å². The second-order valence-corrected chi connectivity index (χ2v) is 7.70. The van der Waals surface area contributed by atoms with Crippen LogP contribution in [0.2, 0.25) is 5.02 Å². The van der Waals surface area contributed by atoms with E-state index < -0.39 is 15.9 Å². The standard InChI is InChI=1S/C18H13ClN4O3S/c1-23-11-16(21-17(23)14-7-2-3-8-15(14)19)18(24)22-27(25,26)13-6-4-5-12(9-13)10-20/h2-9,11H,1H3,(H,22,24). The zero-order valence-electron chi connectivity index (χ0n) is 14.0. The maximum atomic E-state index is 12.4. The van der Waals surface area contributed by atoms with Crippen LogP contribution in [0.1, 0.15) is 16.1 Å². The quantitative estimate of drug-likeness (QED) is 0.724. The Morgan fingerprint density at radius 1 is 1.22 bits per heavy atom. The Bertz CT molecular complexity index is 1180. The van der Waals surface area contributed by atoms with Gasteiger partial charge in [-0.15, -0.1) is 0 Å². The van der Waals surface area contributed by atoms with Crippen LogP contribution < -0.4 is 4.72 Å². The molecule has 136 valence electrons. The van der Waals surface area contributed by atoms with Crippen molar-refractivity contribution in [1.29, 1.82) is 5.26 Å². The smallest absolute Gasteiger partial charge is 0.285 e. The Balaban J connectivity index is 1.90. The molecule has 0 saturated heterocycles. The molecule has 0 spiro atoms. The normalized spacial score (nSPS) is 11.0. The molecule has 0 aliphatic heterocycles. The van der Waals surface area contributed by atoms with E-state index >= 15 is 0 Å². The molecule has 0 saturated carbocycles. The number of hydrogen-bond acceptors (Lipinski definition) is 5. The molecule has 0 aliphatic rings. The lowest BCUT2D eigenvalue weighted by atomic mass is 10.2. The van der Waals surface area contributed by atoms with Crippen LogP contribution in [-0.4, -0.2) is 23.9 Å². The number of carbonyl (C=O) groups excluding carboxylic acids is 1. The van der Waals surface area contributed by atoms with E-state index in [1.54, 1.807) is 35.9 Å². The SMILES string of the molecule is Cn1cc(C(=O)NS(=O)(=O)c2cccc(C#N)c2)nc1-c1ccccc1Cl. The van der Waals surface area contributed by atoms with E-state index in [4.69, 9.17) is 16.9 Å². The van der Waals surface area contributed by atoms with Crippen LogP contribution >= 0.6 is 11.6 Å². The van der Waals surface area contributed by atoms with Crippen molar-refractivity contribution < 1.29 is 13.2 Å². The average molecular weight is 401 g/mol. The summed E-state index contributed by atoms with van der Waals surface area (Å²) >= 11 is 6.16. The first-order valence-electron chi connectivity index (χ1n) is 7.67.